The highest BCUT2D eigenvalue weighted by Crippen LogP contribution is 2.36. The molecule has 310 valence electrons. The van der Waals surface area contributed by atoms with E-state index in [-0.39, 0.29) is 19.4 Å². The van der Waals surface area contributed by atoms with Crippen LogP contribution in [-0.4, -0.2) is 41.0 Å². The van der Waals surface area contributed by atoms with Gasteiger partial charge in [-0.2, -0.15) is 0 Å². The molecule has 0 radical (unpaired) electrons. The van der Waals surface area contributed by atoms with Crippen molar-refractivity contribution in [2.45, 2.75) is 187 Å². The van der Waals surface area contributed by atoms with Crippen molar-refractivity contribution >= 4 is 19.8 Å². The molecule has 0 aliphatic rings. The van der Waals surface area contributed by atoms with Crippen LogP contribution in [0.2, 0.25) is 0 Å². The minimum absolute atomic E-state index is 0.180. The second kappa shape index (κ2) is 40.2. The zero-order valence-electron chi connectivity index (χ0n) is 34.1. The van der Waals surface area contributed by atoms with Crippen LogP contribution in [0.3, 0.4) is 0 Å². The number of hydrogen-bond donors (Lipinski definition) is 2. The fourth-order valence-electron chi connectivity index (χ4n) is 5.57. The first-order chi connectivity index (χ1) is 26.3. The number of unbranched alkanes of at least 4 members (excludes halogenated alkanes) is 16. The van der Waals surface area contributed by atoms with Gasteiger partial charge >= 0.3 is 19.8 Å². The first kappa shape index (κ1) is 51.5. The Morgan fingerprint density at radius 1 is 0.500 bits per heavy atom. The maximum Gasteiger partial charge on any atom is 0.469 e. The molecule has 0 aromatic rings. The Hall–Kier alpha value is -2.51. The highest BCUT2D eigenvalue weighted by Gasteiger charge is 2.22. The number of carbonyl (C=O) groups is 2. The number of carbonyl (C=O) groups excluding carboxylic acids is 2. The standard InChI is InChI=1S/C45H77O8P/c1-3-5-7-9-11-13-15-17-19-21-22-24-25-27-29-31-33-35-37-39-44(46)51-41-43(42-52-54(48,49)50)53-45(47)40-38-36-34-32-30-28-26-23-20-18-16-14-12-10-8-6-4-2/h6,8,11-14,17-20,26,28,43H,3-5,7,9-10,15-16,21-25,27,29-42H2,1-2H3,(H2,48,49,50)/b8-6-,13-11-,14-12-,19-17-,20-18-,28-26-. The summed E-state index contributed by atoms with van der Waals surface area (Å²) in [6, 6.07) is 0. The summed E-state index contributed by atoms with van der Waals surface area (Å²) in [6.45, 7) is 3.52. The van der Waals surface area contributed by atoms with Crippen molar-refractivity contribution in [1.29, 1.82) is 0 Å². The molecular weight excluding hydrogens is 699 g/mol. The highest BCUT2D eigenvalue weighted by atomic mass is 31.2. The monoisotopic (exact) mass is 777 g/mol. The Labute approximate surface area is 329 Å². The second-order valence-corrected chi connectivity index (χ2v) is 15.2. The second-order valence-electron chi connectivity index (χ2n) is 13.9. The van der Waals surface area contributed by atoms with Gasteiger partial charge in [-0.05, 0) is 83.5 Å². The molecule has 2 N–H and O–H groups in total. The molecule has 0 bridgehead atoms. The lowest BCUT2D eigenvalue weighted by molar-refractivity contribution is -0.161. The van der Waals surface area contributed by atoms with E-state index in [1.54, 1.807) is 0 Å². The summed E-state index contributed by atoms with van der Waals surface area (Å²) < 4.78 is 26.4. The molecule has 0 heterocycles. The quantitative estimate of drug-likeness (QED) is 0.0275. The van der Waals surface area contributed by atoms with E-state index in [9.17, 15) is 14.2 Å². The number of esters is 2. The van der Waals surface area contributed by atoms with E-state index in [1.807, 2.05) is 0 Å². The van der Waals surface area contributed by atoms with Crippen LogP contribution in [0.4, 0.5) is 0 Å². The van der Waals surface area contributed by atoms with Crippen LogP contribution in [0.25, 0.3) is 0 Å². The Morgan fingerprint density at radius 2 is 0.889 bits per heavy atom. The lowest BCUT2D eigenvalue weighted by atomic mass is 10.1. The largest absolute Gasteiger partial charge is 0.469 e. The van der Waals surface area contributed by atoms with Crippen molar-refractivity contribution in [2.24, 2.45) is 0 Å². The van der Waals surface area contributed by atoms with Crippen molar-refractivity contribution in [3.8, 4) is 0 Å². The van der Waals surface area contributed by atoms with Crippen LogP contribution in [-0.2, 0) is 28.2 Å². The van der Waals surface area contributed by atoms with E-state index >= 15 is 0 Å². The van der Waals surface area contributed by atoms with E-state index in [0.29, 0.717) is 12.8 Å². The fourth-order valence-corrected chi connectivity index (χ4v) is 5.93. The van der Waals surface area contributed by atoms with Gasteiger partial charge in [-0.25, -0.2) is 4.57 Å². The van der Waals surface area contributed by atoms with Crippen molar-refractivity contribution in [2.75, 3.05) is 13.2 Å². The third-order valence-corrected chi connectivity index (χ3v) is 9.19. The summed E-state index contributed by atoms with van der Waals surface area (Å²) in [7, 11) is -4.77. The summed E-state index contributed by atoms with van der Waals surface area (Å²) in [5, 5.41) is 0. The van der Waals surface area contributed by atoms with E-state index in [0.717, 1.165) is 83.5 Å². The first-order valence-electron chi connectivity index (χ1n) is 21.2. The molecule has 54 heavy (non-hydrogen) atoms. The summed E-state index contributed by atoms with van der Waals surface area (Å²) in [6.07, 6.45) is 51.9. The molecule has 0 aromatic heterocycles. The topological polar surface area (TPSA) is 119 Å². The summed E-state index contributed by atoms with van der Waals surface area (Å²) >= 11 is 0. The predicted molar refractivity (Wildman–Crippen MR) is 225 cm³/mol. The molecule has 0 saturated heterocycles. The molecule has 0 spiro atoms. The van der Waals surface area contributed by atoms with Gasteiger partial charge < -0.3 is 19.3 Å². The van der Waals surface area contributed by atoms with Gasteiger partial charge in [0.1, 0.15) is 6.61 Å². The number of rotatable bonds is 38. The maximum atomic E-state index is 12.4. The number of hydrogen-bond acceptors (Lipinski definition) is 6. The molecule has 0 fully saturated rings. The zero-order chi connectivity index (χ0) is 39.6. The summed E-state index contributed by atoms with van der Waals surface area (Å²) in [5.74, 6) is -0.921. The molecule has 0 aliphatic carbocycles. The summed E-state index contributed by atoms with van der Waals surface area (Å²) in [5.41, 5.74) is 0. The smallest absolute Gasteiger partial charge is 0.462 e. The zero-order valence-corrected chi connectivity index (χ0v) is 35.0. The number of phosphoric acid groups is 1. The van der Waals surface area contributed by atoms with Gasteiger partial charge in [0.05, 0.1) is 6.61 Å². The Bertz CT molecular complexity index is 1100. The minimum Gasteiger partial charge on any atom is -0.462 e. The maximum absolute atomic E-state index is 12.4. The molecule has 0 rings (SSSR count). The van der Waals surface area contributed by atoms with Crippen molar-refractivity contribution in [3.05, 3.63) is 72.9 Å². The molecule has 1 unspecified atom stereocenters. The minimum atomic E-state index is -4.77. The van der Waals surface area contributed by atoms with Crippen LogP contribution in [0, 0.1) is 0 Å². The van der Waals surface area contributed by atoms with Crippen LogP contribution in [0.15, 0.2) is 72.9 Å². The Morgan fingerprint density at radius 3 is 1.33 bits per heavy atom. The number of phosphoric ester groups is 1. The molecule has 0 aliphatic heterocycles. The van der Waals surface area contributed by atoms with E-state index in [1.165, 1.54) is 57.8 Å². The normalized spacial score (nSPS) is 13.2. The van der Waals surface area contributed by atoms with Gasteiger partial charge in [-0.3, -0.25) is 14.1 Å². The van der Waals surface area contributed by atoms with E-state index in [4.69, 9.17) is 19.3 Å². The van der Waals surface area contributed by atoms with Gasteiger partial charge in [0.15, 0.2) is 6.10 Å². The van der Waals surface area contributed by atoms with Crippen LogP contribution >= 0.6 is 7.82 Å². The molecule has 9 heteroatoms. The third kappa shape index (κ3) is 42.2. The lowest BCUT2D eigenvalue weighted by Crippen LogP contribution is -2.29. The Balaban J connectivity index is 3.97. The van der Waals surface area contributed by atoms with Crippen LogP contribution in [0.1, 0.15) is 181 Å². The predicted octanol–water partition coefficient (Wildman–Crippen LogP) is 13.1. The average molecular weight is 777 g/mol. The average Bonchev–Trinajstić information content (AvgIpc) is 3.14. The number of ether oxygens (including phenoxy) is 2. The van der Waals surface area contributed by atoms with Gasteiger partial charge in [-0.1, -0.05) is 157 Å². The van der Waals surface area contributed by atoms with Crippen LogP contribution in [0.5, 0.6) is 0 Å². The SMILES string of the molecule is CC/C=C\C/C=C\C/C=C\C/C=C\CCCCCCC(=O)OC(COC(=O)CCCCCCCCCCC/C=C\C/C=C\CCCCC)COP(=O)(O)O. The molecule has 0 amide bonds. The van der Waals surface area contributed by atoms with Gasteiger partial charge in [0.2, 0.25) is 0 Å². The summed E-state index contributed by atoms with van der Waals surface area (Å²) in [4.78, 5) is 42.9. The molecule has 0 saturated carbocycles. The molecule has 0 aromatic carbocycles. The lowest BCUT2D eigenvalue weighted by Gasteiger charge is -2.18. The highest BCUT2D eigenvalue weighted by molar-refractivity contribution is 7.46. The van der Waals surface area contributed by atoms with Crippen LogP contribution < -0.4 is 0 Å². The van der Waals surface area contributed by atoms with Crippen molar-refractivity contribution in [1.82, 2.24) is 0 Å². The number of allylic oxidation sites excluding steroid dienone is 12. The third-order valence-electron chi connectivity index (χ3n) is 8.71. The molecular formula is C45H77O8P. The first-order valence-corrected chi connectivity index (χ1v) is 22.8. The Kier molecular flexibility index (Phi) is 38.3. The van der Waals surface area contributed by atoms with Crippen molar-refractivity contribution in [3.63, 3.8) is 0 Å². The van der Waals surface area contributed by atoms with Crippen molar-refractivity contribution < 1.29 is 37.9 Å². The molecule has 1 atom stereocenters. The molecule has 8 nitrogen and oxygen atoms in total. The van der Waals surface area contributed by atoms with E-state index < -0.39 is 32.5 Å². The van der Waals surface area contributed by atoms with Gasteiger partial charge in [0, 0.05) is 12.8 Å². The van der Waals surface area contributed by atoms with E-state index in [2.05, 4.69) is 91.3 Å². The van der Waals surface area contributed by atoms with Gasteiger partial charge in [0.25, 0.3) is 0 Å². The fraction of sp³-hybridized carbons (Fsp3) is 0.689. The van der Waals surface area contributed by atoms with Gasteiger partial charge in [-0.15, -0.1) is 0 Å².